The van der Waals surface area contributed by atoms with Gasteiger partial charge in [0.15, 0.2) is 0 Å². The van der Waals surface area contributed by atoms with Gasteiger partial charge in [-0.1, -0.05) is 89.5 Å². The maximum absolute atomic E-state index is 13.7. The van der Waals surface area contributed by atoms with Crippen LogP contribution in [0.4, 0.5) is 0 Å². The van der Waals surface area contributed by atoms with E-state index in [1.807, 2.05) is 55.4 Å². The van der Waals surface area contributed by atoms with Gasteiger partial charge >= 0.3 is 0 Å². The molecule has 0 bridgehead atoms. The van der Waals surface area contributed by atoms with Gasteiger partial charge in [0.05, 0.1) is 0 Å². The summed E-state index contributed by atoms with van der Waals surface area (Å²) in [5.41, 5.74) is 0. The van der Waals surface area contributed by atoms with Crippen LogP contribution in [0.5, 0.6) is 0 Å². The topological polar surface area (TPSA) is 175 Å². The number of hydrogen-bond acceptors (Lipinski definition) is 6. The number of hydrogen-bond donors (Lipinski definition) is 6. The summed E-state index contributed by atoms with van der Waals surface area (Å²) in [5, 5.41) is 17.0. The molecule has 0 aromatic carbocycles. The van der Waals surface area contributed by atoms with Crippen LogP contribution in [0.2, 0.25) is 0 Å². The minimum atomic E-state index is -0.995. The summed E-state index contributed by atoms with van der Waals surface area (Å²) >= 11 is 0. The highest BCUT2D eigenvalue weighted by molar-refractivity contribution is 5.98. The second kappa shape index (κ2) is 18.8. The zero-order chi connectivity index (χ0) is 35.5. The van der Waals surface area contributed by atoms with Crippen LogP contribution in [0.1, 0.15) is 109 Å². The zero-order valence-corrected chi connectivity index (χ0v) is 30.2. The van der Waals surface area contributed by atoms with Crippen LogP contribution in [-0.4, -0.2) is 71.7 Å². The maximum Gasteiger partial charge on any atom is 0.243 e. The number of nitrogens with one attached hydrogen (secondary N) is 6. The minimum Gasteiger partial charge on any atom is -0.343 e. The second-order valence-corrected chi connectivity index (χ2v) is 14.9. The van der Waals surface area contributed by atoms with Crippen LogP contribution in [-0.2, 0) is 28.8 Å². The van der Waals surface area contributed by atoms with Crippen LogP contribution in [0.3, 0.4) is 0 Å². The molecule has 1 heterocycles. The van der Waals surface area contributed by atoms with Crippen LogP contribution in [0.25, 0.3) is 0 Å². The van der Waals surface area contributed by atoms with Gasteiger partial charge in [-0.05, 0) is 54.8 Å². The lowest BCUT2D eigenvalue weighted by atomic mass is 9.94. The monoisotopic (exact) mass is 650 g/mol. The van der Waals surface area contributed by atoms with Crippen LogP contribution in [0, 0.1) is 35.5 Å². The Morgan fingerprint density at radius 2 is 0.674 bits per heavy atom. The lowest BCUT2D eigenvalue weighted by Gasteiger charge is -2.32. The fourth-order valence-corrected chi connectivity index (χ4v) is 5.43. The Balaban J connectivity index is 3.76. The molecule has 12 nitrogen and oxygen atoms in total. The van der Waals surface area contributed by atoms with Crippen molar-refractivity contribution in [2.24, 2.45) is 35.5 Å². The maximum atomic E-state index is 13.7. The molecule has 7 atom stereocenters. The van der Waals surface area contributed by atoms with Crippen molar-refractivity contribution in [1.29, 1.82) is 0 Å². The highest BCUT2D eigenvalue weighted by atomic mass is 16.2. The third-order valence-electron chi connectivity index (χ3n) is 8.31. The van der Waals surface area contributed by atoms with E-state index in [-0.39, 0.29) is 35.5 Å². The summed E-state index contributed by atoms with van der Waals surface area (Å²) in [5.74, 6) is -4.07. The fraction of sp³-hybridized carbons (Fsp3) is 0.824. The summed E-state index contributed by atoms with van der Waals surface area (Å²) in [6.07, 6.45) is 1.46. The molecule has 1 fully saturated rings. The molecule has 1 rings (SSSR count). The van der Waals surface area contributed by atoms with Crippen molar-refractivity contribution in [2.75, 3.05) is 0 Å². The molecule has 6 N–H and O–H groups in total. The van der Waals surface area contributed by atoms with E-state index in [4.69, 9.17) is 0 Å². The molecule has 0 aromatic rings. The first-order valence-corrected chi connectivity index (χ1v) is 17.1. The highest BCUT2D eigenvalue weighted by Crippen LogP contribution is 2.15. The summed E-state index contributed by atoms with van der Waals surface area (Å²) in [4.78, 5) is 82.2. The van der Waals surface area contributed by atoms with Gasteiger partial charge in [0, 0.05) is 0 Å². The van der Waals surface area contributed by atoms with Gasteiger partial charge in [-0.2, -0.15) is 0 Å². The Kier molecular flexibility index (Phi) is 16.7. The van der Waals surface area contributed by atoms with E-state index in [0.29, 0.717) is 25.7 Å². The van der Waals surface area contributed by atoms with Gasteiger partial charge in [0.1, 0.15) is 36.3 Å². The molecule has 46 heavy (non-hydrogen) atoms. The Hall–Kier alpha value is -3.18. The molecular weight excluding hydrogens is 588 g/mol. The van der Waals surface area contributed by atoms with E-state index in [9.17, 15) is 28.8 Å². The molecule has 264 valence electrons. The first kappa shape index (κ1) is 40.8. The van der Waals surface area contributed by atoms with Gasteiger partial charge in [0.25, 0.3) is 0 Å². The van der Waals surface area contributed by atoms with Gasteiger partial charge in [-0.15, -0.1) is 0 Å². The zero-order valence-electron chi connectivity index (χ0n) is 30.2. The molecule has 0 unspecified atom stereocenters. The first-order valence-electron chi connectivity index (χ1n) is 17.1. The van der Waals surface area contributed by atoms with Gasteiger partial charge < -0.3 is 31.9 Å². The first-order chi connectivity index (χ1) is 21.3. The lowest BCUT2D eigenvalue weighted by molar-refractivity contribution is -0.138. The largest absolute Gasteiger partial charge is 0.343 e. The molecular formula is C34H62N6O6. The molecule has 0 radical (unpaired) electrons. The average Bonchev–Trinajstić information content (AvgIpc) is 2.93. The van der Waals surface area contributed by atoms with Crippen LogP contribution < -0.4 is 31.9 Å². The number of carbonyl (C=O) groups is 6. The lowest BCUT2D eigenvalue weighted by Crippen LogP contribution is -2.63. The van der Waals surface area contributed by atoms with Crippen molar-refractivity contribution in [3.05, 3.63) is 0 Å². The van der Waals surface area contributed by atoms with Crippen LogP contribution in [0.15, 0.2) is 0 Å². The molecule has 12 heteroatoms. The van der Waals surface area contributed by atoms with Crippen molar-refractivity contribution in [3.63, 3.8) is 0 Å². The van der Waals surface area contributed by atoms with E-state index in [1.165, 1.54) is 0 Å². The van der Waals surface area contributed by atoms with Gasteiger partial charge in [-0.25, -0.2) is 0 Å². The van der Waals surface area contributed by atoms with Crippen molar-refractivity contribution in [2.45, 2.75) is 145 Å². The Morgan fingerprint density at radius 3 is 0.978 bits per heavy atom. The third-order valence-corrected chi connectivity index (χ3v) is 8.31. The molecule has 0 aromatic heterocycles. The van der Waals surface area contributed by atoms with Gasteiger partial charge in [-0.3, -0.25) is 28.8 Å². The number of rotatable bonds is 10. The van der Waals surface area contributed by atoms with E-state index in [0.717, 1.165) is 0 Å². The van der Waals surface area contributed by atoms with Crippen LogP contribution >= 0.6 is 0 Å². The SMILES string of the molecule is CC[C@H](C)[C@H]1NC(=O)[C@H](CC(C)C)NC(=O)[C@H](C(C)C)NC(=O)[C@@H](CC(C)C)NC(=O)[C@H](CC(C)C)NC(=O)[C@@H](C(C)C)NC1=O. The molecule has 1 aliphatic rings. The molecule has 1 saturated heterocycles. The summed E-state index contributed by atoms with van der Waals surface area (Å²) in [6, 6.07) is -5.89. The van der Waals surface area contributed by atoms with E-state index < -0.39 is 71.7 Å². The van der Waals surface area contributed by atoms with Crippen molar-refractivity contribution in [1.82, 2.24) is 31.9 Å². The predicted molar refractivity (Wildman–Crippen MR) is 179 cm³/mol. The fourth-order valence-electron chi connectivity index (χ4n) is 5.43. The normalized spacial score (nSPS) is 27.1. The van der Waals surface area contributed by atoms with E-state index in [1.54, 1.807) is 27.7 Å². The summed E-state index contributed by atoms with van der Waals surface area (Å²) in [6.45, 7) is 22.4. The molecule has 0 saturated carbocycles. The third kappa shape index (κ3) is 12.9. The average molecular weight is 651 g/mol. The highest BCUT2D eigenvalue weighted by Gasteiger charge is 2.37. The molecule has 0 spiro atoms. The smallest absolute Gasteiger partial charge is 0.243 e. The molecule has 0 aliphatic carbocycles. The number of amides is 6. The van der Waals surface area contributed by atoms with Crippen molar-refractivity contribution >= 4 is 35.4 Å². The Morgan fingerprint density at radius 1 is 0.413 bits per heavy atom. The number of carbonyl (C=O) groups excluding carboxylic acids is 6. The molecule has 6 amide bonds. The molecule has 1 aliphatic heterocycles. The van der Waals surface area contributed by atoms with Gasteiger partial charge in [0.2, 0.25) is 35.4 Å². The van der Waals surface area contributed by atoms with E-state index in [2.05, 4.69) is 31.9 Å². The van der Waals surface area contributed by atoms with Crippen molar-refractivity contribution < 1.29 is 28.8 Å². The van der Waals surface area contributed by atoms with Crippen molar-refractivity contribution in [3.8, 4) is 0 Å². The Bertz CT molecular complexity index is 1060. The predicted octanol–water partition coefficient (Wildman–Crippen LogP) is 2.41. The second-order valence-electron chi connectivity index (χ2n) is 14.9. The minimum absolute atomic E-state index is 0.0234. The van der Waals surface area contributed by atoms with E-state index >= 15 is 0 Å². The standard InChI is InChI=1S/C34H62N6O6/c1-13-22(12)28-34(46)39-27(21(10)11)33(45)36-23(14-17(2)3)29(41)35-24(15-18(4)5)30(42)38-26(20(8)9)32(44)37-25(16-19(6)7)31(43)40-28/h17-28H,13-16H2,1-12H3,(H,35,41)(H,36,45)(H,37,44)(H,38,42)(H,39,46)(H,40,43)/t22-,23-,24+,25-,26-,27+,28+/m0/s1. The Labute approximate surface area is 276 Å². The summed E-state index contributed by atoms with van der Waals surface area (Å²) < 4.78 is 0. The quantitative estimate of drug-likeness (QED) is 0.212. The summed E-state index contributed by atoms with van der Waals surface area (Å²) in [7, 11) is 0.